The topological polar surface area (TPSA) is 72.3 Å². The van der Waals surface area contributed by atoms with Gasteiger partial charge < -0.3 is 9.84 Å². The Balaban J connectivity index is 2.00. The second-order valence-electron chi connectivity index (χ2n) is 3.70. The normalized spacial score (nSPS) is 10.2. The summed E-state index contributed by atoms with van der Waals surface area (Å²) in [4.78, 5) is 18.5. The Morgan fingerprint density at radius 3 is 2.79 bits per heavy atom. The second-order valence-corrected chi connectivity index (χ2v) is 3.70. The number of carboxylic acids is 1. The number of halogens is 1. The van der Waals surface area contributed by atoms with E-state index in [1.54, 1.807) is 12.3 Å². The molecule has 0 fully saturated rings. The predicted molar refractivity (Wildman–Crippen MR) is 64.6 cm³/mol. The summed E-state index contributed by atoms with van der Waals surface area (Å²) in [7, 11) is 0. The van der Waals surface area contributed by atoms with Gasteiger partial charge in [-0.15, -0.1) is 0 Å². The van der Waals surface area contributed by atoms with Crippen LogP contribution in [0.15, 0.2) is 36.7 Å². The lowest BCUT2D eigenvalue weighted by molar-refractivity contribution is 0.0690. The maximum absolute atomic E-state index is 13.7. The number of carboxylic acid groups (broad SMARTS) is 1. The Kier molecular flexibility index (Phi) is 4.02. The summed E-state index contributed by atoms with van der Waals surface area (Å²) in [5.41, 5.74) is 0.347. The Morgan fingerprint density at radius 1 is 1.26 bits per heavy atom. The fourth-order valence-electron chi connectivity index (χ4n) is 1.49. The molecule has 0 saturated carbocycles. The van der Waals surface area contributed by atoms with E-state index in [0.717, 1.165) is 11.8 Å². The molecule has 2 rings (SSSR count). The van der Waals surface area contributed by atoms with Crippen molar-refractivity contribution in [3.05, 3.63) is 53.7 Å². The van der Waals surface area contributed by atoms with Crippen LogP contribution in [0, 0.1) is 5.82 Å². The van der Waals surface area contributed by atoms with Crippen molar-refractivity contribution in [1.29, 1.82) is 0 Å². The molecule has 0 aromatic carbocycles. The highest BCUT2D eigenvalue weighted by Crippen LogP contribution is 2.17. The molecule has 0 bridgehead atoms. The molecule has 2 aromatic rings. The zero-order valence-electron chi connectivity index (χ0n) is 9.91. The van der Waals surface area contributed by atoms with Crippen LogP contribution in [0.25, 0.3) is 0 Å². The van der Waals surface area contributed by atoms with Gasteiger partial charge in [0.25, 0.3) is 5.88 Å². The number of hydrogen-bond donors (Lipinski definition) is 1. The van der Waals surface area contributed by atoms with E-state index in [-0.39, 0.29) is 12.5 Å². The summed E-state index contributed by atoms with van der Waals surface area (Å²) in [6.45, 7) is 0.171. The van der Waals surface area contributed by atoms with E-state index in [0.29, 0.717) is 6.42 Å². The molecule has 2 aromatic heterocycles. The van der Waals surface area contributed by atoms with Gasteiger partial charge in [-0.1, -0.05) is 6.07 Å². The van der Waals surface area contributed by atoms with Crippen LogP contribution in [0.5, 0.6) is 5.88 Å². The summed E-state index contributed by atoms with van der Waals surface area (Å²) in [6, 6.07) is 6.54. The molecule has 0 radical (unpaired) electrons. The van der Waals surface area contributed by atoms with Gasteiger partial charge in [0.05, 0.1) is 6.61 Å². The van der Waals surface area contributed by atoms with E-state index >= 15 is 0 Å². The van der Waals surface area contributed by atoms with Gasteiger partial charge in [0, 0.05) is 24.5 Å². The summed E-state index contributed by atoms with van der Waals surface area (Å²) in [5.74, 6) is -2.62. The average molecular weight is 262 g/mol. The molecule has 5 nitrogen and oxygen atoms in total. The molecule has 2 heterocycles. The van der Waals surface area contributed by atoms with Crippen LogP contribution in [-0.2, 0) is 6.42 Å². The van der Waals surface area contributed by atoms with Gasteiger partial charge in [0.15, 0.2) is 5.82 Å². The average Bonchev–Trinajstić information content (AvgIpc) is 2.41. The summed E-state index contributed by atoms with van der Waals surface area (Å²) in [5, 5.41) is 8.76. The molecule has 0 saturated heterocycles. The van der Waals surface area contributed by atoms with Crippen molar-refractivity contribution in [2.45, 2.75) is 6.42 Å². The summed E-state index contributed by atoms with van der Waals surface area (Å²) >= 11 is 0. The minimum Gasteiger partial charge on any atom is -0.478 e. The molecule has 0 aliphatic carbocycles. The lowest BCUT2D eigenvalue weighted by Crippen LogP contribution is -2.08. The van der Waals surface area contributed by atoms with E-state index in [2.05, 4.69) is 9.97 Å². The number of ether oxygens (including phenoxy) is 1. The quantitative estimate of drug-likeness (QED) is 0.891. The highest BCUT2D eigenvalue weighted by atomic mass is 19.1. The van der Waals surface area contributed by atoms with E-state index < -0.39 is 17.3 Å². The van der Waals surface area contributed by atoms with Crippen molar-refractivity contribution in [3.8, 4) is 5.88 Å². The van der Waals surface area contributed by atoms with Gasteiger partial charge in [0.2, 0.25) is 0 Å². The predicted octanol–water partition coefficient (Wildman–Crippen LogP) is 1.94. The highest BCUT2D eigenvalue weighted by molar-refractivity contribution is 5.88. The van der Waals surface area contributed by atoms with Gasteiger partial charge in [-0.25, -0.2) is 14.2 Å². The second kappa shape index (κ2) is 5.90. The fourth-order valence-corrected chi connectivity index (χ4v) is 1.49. The van der Waals surface area contributed by atoms with Crippen LogP contribution < -0.4 is 4.74 Å². The minimum absolute atomic E-state index is 0.171. The molecule has 1 N–H and O–H groups in total. The SMILES string of the molecule is O=C(O)c1ccnc(OCCc2ccccn2)c1F. The standard InChI is InChI=1S/C13H11FN2O3/c14-11-10(13(17)18)4-7-16-12(11)19-8-5-9-3-1-2-6-15-9/h1-4,6-7H,5,8H2,(H,17,18). The maximum atomic E-state index is 13.7. The van der Waals surface area contributed by atoms with Gasteiger partial charge in [-0.2, -0.15) is 0 Å². The Bertz CT molecular complexity index is 575. The summed E-state index contributed by atoms with van der Waals surface area (Å²) < 4.78 is 18.8. The van der Waals surface area contributed by atoms with Crippen molar-refractivity contribution in [1.82, 2.24) is 9.97 Å². The van der Waals surface area contributed by atoms with Crippen LogP contribution in [0.3, 0.4) is 0 Å². The Labute approximate surface area is 108 Å². The first-order chi connectivity index (χ1) is 9.18. The molecular formula is C13H11FN2O3. The lowest BCUT2D eigenvalue weighted by Gasteiger charge is -2.07. The monoisotopic (exact) mass is 262 g/mol. The minimum atomic E-state index is -1.35. The van der Waals surface area contributed by atoms with Gasteiger partial charge in [-0.05, 0) is 18.2 Å². The van der Waals surface area contributed by atoms with Crippen molar-refractivity contribution >= 4 is 5.97 Å². The fraction of sp³-hybridized carbons (Fsp3) is 0.154. The molecule has 0 spiro atoms. The smallest absolute Gasteiger partial charge is 0.338 e. The van der Waals surface area contributed by atoms with Crippen molar-refractivity contribution in [2.24, 2.45) is 0 Å². The molecule has 98 valence electrons. The number of nitrogens with zero attached hydrogens (tertiary/aromatic N) is 2. The van der Waals surface area contributed by atoms with Crippen LogP contribution >= 0.6 is 0 Å². The molecule has 6 heteroatoms. The number of pyridine rings is 2. The van der Waals surface area contributed by atoms with Gasteiger partial charge in [0.1, 0.15) is 5.56 Å². The van der Waals surface area contributed by atoms with Crippen LogP contribution in [0.4, 0.5) is 4.39 Å². The lowest BCUT2D eigenvalue weighted by atomic mass is 10.2. The number of hydrogen-bond acceptors (Lipinski definition) is 4. The highest BCUT2D eigenvalue weighted by Gasteiger charge is 2.15. The third-order valence-electron chi connectivity index (χ3n) is 2.41. The zero-order valence-corrected chi connectivity index (χ0v) is 9.91. The van der Waals surface area contributed by atoms with Crippen LogP contribution in [0.1, 0.15) is 16.1 Å². The van der Waals surface area contributed by atoms with Crippen LogP contribution in [-0.4, -0.2) is 27.7 Å². The first-order valence-electron chi connectivity index (χ1n) is 5.59. The first-order valence-corrected chi connectivity index (χ1v) is 5.59. The molecule has 0 amide bonds. The molecule has 0 unspecified atom stereocenters. The van der Waals surface area contributed by atoms with E-state index in [1.165, 1.54) is 6.20 Å². The largest absolute Gasteiger partial charge is 0.478 e. The first kappa shape index (κ1) is 12.9. The summed E-state index contributed by atoms with van der Waals surface area (Å²) in [6.07, 6.45) is 3.33. The van der Waals surface area contributed by atoms with Gasteiger partial charge >= 0.3 is 5.97 Å². The molecular weight excluding hydrogens is 251 g/mol. The Hall–Kier alpha value is -2.50. The molecule has 19 heavy (non-hydrogen) atoms. The van der Waals surface area contributed by atoms with E-state index in [4.69, 9.17) is 9.84 Å². The van der Waals surface area contributed by atoms with E-state index in [1.807, 2.05) is 12.1 Å². The molecule has 0 atom stereocenters. The molecule has 0 aliphatic heterocycles. The number of rotatable bonds is 5. The number of carbonyl (C=O) groups is 1. The van der Waals surface area contributed by atoms with Crippen molar-refractivity contribution in [2.75, 3.05) is 6.61 Å². The Morgan fingerprint density at radius 2 is 2.11 bits per heavy atom. The number of aromatic carboxylic acids is 1. The van der Waals surface area contributed by atoms with Crippen LogP contribution in [0.2, 0.25) is 0 Å². The third-order valence-corrected chi connectivity index (χ3v) is 2.41. The van der Waals surface area contributed by atoms with Crippen molar-refractivity contribution in [3.63, 3.8) is 0 Å². The zero-order chi connectivity index (χ0) is 13.7. The van der Waals surface area contributed by atoms with Crippen molar-refractivity contribution < 1.29 is 19.0 Å². The maximum Gasteiger partial charge on any atom is 0.338 e. The van der Waals surface area contributed by atoms with E-state index in [9.17, 15) is 9.18 Å². The number of aromatic nitrogens is 2. The molecule has 0 aliphatic rings. The van der Waals surface area contributed by atoms with Gasteiger partial charge in [-0.3, -0.25) is 4.98 Å². The third kappa shape index (κ3) is 3.25.